The molecule has 150 valence electrons. The Morgan fingerprint density at radius 1 is 1.26 bits per heavy atom. The third kappa shape index (κ3) is 5.31. The summed E-state index contributed by atoms with van der Waals surface area (Å²) in [6, 6.07) is 2.08. The zero-order valence-corrected chi connectivity index (χ0v) is 16.2. The van der Waals surface area contributed by atoms with Gasteiger partial charge in [-0.25, -0.2) is 0 Å². The van der Waals surface area contributed by atoms with E-state index in [1.807, 2.05) is 4.90 Å². The van der Waals surface area contributed by atoms with Crippen molar-refractivity contribution in [2.45, 2.75) is 82.7 Å². The van der Waals surface area contributed by atoms with Gasteiger partial charge in [0.15, 0.2) is 5.69 Å². The average Bonchev–Trinajstić information content (AvgIpc) is 3.40. The second-order valence-corrected chi connectivity index (χ2v) is 7.78. The lowest BCUT2D eigenvalue weighted by Crippen LogP contribution is -2.46. The summed E-state index contributed by atoms with van der Waals surface area (Å²) in [6.07, 6.45) is 7.87. The van der Waals surface area contributed by atoms with Crippen LogP contribution in [0.15, 0.2) is 10.6 Å². The van der Waals surface area contributed by atoms with Gasteiger partial charge in [0.25, 0.3) is 5.91 Å². The van der Waals surface area contributed by atoms with Crippen LogP contribution in [0.3, 0.4) is 0 Å². The summed E-state index contributed by atoms with van der Waals surface area (Å²) in [5.74, 6) is 1.12. The first-order valence-corrected chi connectivity index (χ1v) is 10.3. The fraction of sp³-hybridized carbons (Fsp3) is 0.750. The quantitative estimate of drug-likeness (QED) is 0.690. The van der Waals surface area contributed by atoms with Gasteiger partial charge in [-0.1, -0.05) is 18.5 Å². The summed E-state index contributed by atoms with van der Waals surface area (Å²) in [6.45, 7) is 2.76. The van der Waals surface area contributed by atoms with E-state index in [2.05, 4.69) is 17.4 Å². The number of unbranched alkanes of at least 4 members (excludes halogenated alkanes) is 1. The molecule has 2 saturated carbocycles. The SMILES string of the molecule is CCCCN(C(=O)CCO)[C@H]1CC[C@H](NC(=O)c2cc(C3CC3)on2)CC1. The molecule has 2 N–H and O–H groups in total. The fourth-order valence-corrected chi connectivity index (χ4v) is 3.83. The standard InChI is InChI=1S/C20H31N3O4/c1-2-3-11-23(19(25)10-12-24)16-8-6-15(7-9-16)21-20(26)17-13-18(27-22-17)14-4-5-14/h13-16,24H,2-12H2,1H3,(H,21,26)/t15-,16-. The molecule has 7 nitrogen and oxygen atoms in total. The van der Waals surface area contributed by atoms with E-state index in [1.165, 1.54) is 0 Å². The lowest BCUT2D eigenvalue weighted by Gasteiger charge is -2.37. The lowest BCUT2D eigenvalue weighted by molar-refractivity contribution is -0.135. The maximum atomic E-state index is 12.4. The van der Waals surface area contributed by atoms with Gasteiger partial charge >= 0.3 is 0 Å². The molecule has 3 rings (SSSR count). The van der Waals surface area contributed by atoms with Crippen LogP contribution in [0.1, 0.15) is 86.9 Å². The van der Waals surface area contributed by atoms with Crippen molar-refractivity contribution in [2.75, 3.05) is 13.2 Å². The van der Waals surface area contributed by atoms with Gasteiger partial charge in [0.2, 0.25) is 5.91 Å². The van der Waals surface area contributed by atoms with Crippen LogP contribution in [-0.4, -0.2) is 52.2 Å². The fourth-order valence-electron chi connectivity index (χ4n) is 3.83. The van der Waals surface area contributed by atoms with E-state index in [0.717, 1.165) is 63.7 Å². The van der Waals surface area contributed by atoms with E-state index >= 15 is 0 Å². The number of carbonyl (C=O) groups is 2. The largest absolute Gasteiger partial charge is 0.396 e. The van der Waals surface area contributed by atoms with Gasteiger partial charge in [0.1, 0.15) is 5.76 Å². The molecule has 2 aliphatic rings. The minimum atomic E-state index is -0.173. The van der Waals surface area contributed by atoms with E-state index in [9.17, 15) is 9.59 Å². The number of aromatic nitrogens is 1. The van der Waals surface area contributed by atoms with Crippen LogP contribution in [0.2, 0.25) is 0 Å². The van der Waals surface area contributed by atoms with Gasteiger partial charge < -0.3 is 19.8 Å². The maximum absolute atomic E-state index is 12.4. The van der Waals surface area contributed by atoms with Crippen molar-refractivity contribution < 1.29 is 19.2 Å². The molecule has 27 heavy (non-hydrogen) atoms. The molecule has 2 aliphatic carbocycles. The third-order valence-corrected chi connectivity index (χ3v) is 5.61. The Hall–Kier alpha value is -1.89. The molecular formula is C20H31N3O4. The molecule has 0 radical (unpaired) electrons. The van der Waals surface area contributed by atoms with Crippen LogP contribution < -0.4 is 5.32 Å². The highest BCUT2D eigenvalue weighted by Crippen LogP contribution is 2.40. The molecular weight excluding hydrogens is 346 g/mol. The van der Waals surface area contributed by atoms with Gasteiger partial charge in [-0.3, -0.25) is 9.59 Å². The van der Waals surface area contributed by atoms with Gasteiger partial charge in [-0.05, 0) is 44.9 Å². The number of hydrogen-bond donors (Lipinski definition) is 2. The van der Waals surface area contributed by atoms with Crippen LogP contribution in [0.4, 0.5) is 0 Å². The summed E-state index contributed by atoms with van der Waals surface area (Å²) in [5.41, 5.74) is 0.363. The molecule has 0 aromatic carbocycles. The Morgan fingerprint density at radius 3 is 2.63 bits per heavy atom. The van der Waals surface area contributed by atoms with Crippen molar-refractivity contribution in [3.8, 4) is 0 Å². The Labute approximate surface area is 160 Å². The van der Waals surface area contributed by atoms with Gasteiger partial charge in [0.05, 0.1) is 6.61 Å². The van der Waals surface area contributed by atoms with E-state index in [-0.39, 0.29) is 36.9 Å². The molecule has 0 aliphatic heterocycles. The van der Waals surface area contributed by atoms with Crippen LogP contribution in [0, 0.1) is 0 Å². The number of nitrogens with one attached hydrogen (secondary N) is 1. The highest BCUT2D eigenvalue weighted by Gasteiger charge is 2.31. The molecule has 1 aromatic rings. The zero-order valence-electron chi connectivity index (χ0n) is 16.2. The average molecular weight is 377 g/mol. The number of nitrogens with zero attached hydrogens (tertiary/aromatic N) is 2. The van der Waals surface area contributed by atoms with Crippen molar-refractivity contribution in [3.05, 3.63) is 17.5 Å². The molecule has 1 aromatic heterocycles. The van der Waals surface area contributed by atoms with Crippen LogP contribution in [-0.2, 0) is 4.79 Å². The molecule has 0 atom stereocenters. The van der Waals surface area contributed by atoms with Crippen LogP contribution in [0.5, 0.6) is 0 Å². The second-order valence-electron chi connectivity index (χ2n) is 7.78. The summed E-state index contributed by atoms with van der Waals surface area (Å²) in [4.78, 5) is 26.7. The Balaban J connectivity index is 1.49. The summed E-state index contributed by atoms with van der Waals surface area (Å²) < 4.78 is 5.26. The predicted molar refractivity (Wildman–Crippen MR) is 100 cm³/mol. The first-order chi connectivity index (χ1) is 13.1. The molecule has 0 saturated heterocycles. The van der Waals surface area contributed by atoms with Crippen molar-refractivity contribution in [2.24, 2.45) is 0 Å². The third-order valence-electron chi connectivity index (χ3n) is 5.61. The van der Waals surface area contributed by atoms with E-state index in [4.69, 9.17) is 9.63 Å². The molecule has 7 heteroatoms. The van der Waals surface area contributed by atoms with Gasteiger partial charge in [0, 0.05) is 37.0 Å². The smallest absolute Gasteiger partial charge is 0.273 e. The molecule has 0 unspecified atom stereocenters. The summed E-state index contributed by atoms with van der Waals surface area (Å²) in [7, 11) is 0. The first kappa shape index (κ1) is 19.9. The molecule has 0 bridgehead atoms. The first-order valence-electron chi connectivity index (χ1n) is 10.3. The molecule has 2 fully saturated rings. The number of carbonyl (C=O) groups excluding carboxylic acids is 2. The number of aliphatic hydroxyl groups is 1. The van der Waals surface area contributed by atoms with Crippen molar-refractivity contribution in [3.63, 3.8) is 0 Å². The normalized spacial score (nSPS) is 22.4. The highest BCUT2D eigenvalue weighted by molar-refractivity contribution is 5.92. The summed E-state index contributed by atoms with van der Waals surface area (Å²) in [5, 5.41) is 16.0. The highest BCUT2D eigenvalue weighted by atomic mass is 16.5. The molecule has 0 spiro atoms. The number of hydrogen-bond acceptors (Lipinski definition) is 5. The minimum Gasteiger partial charge on any atom is -0.396 e. The Kier molecular flexibility index (Phi) is 6.88. The maximum Gasteiger partial charge on any atom is 0.273 e. The number of rotatable bonds is 9. The summed E-state index contributed by atoms with van der Waals surface area (Å²) >= 11 is 0. The number of aliphatic hydroxyl groups excluding tert-OH is 1. The van der Waals surface area contributed by atoms with Crippen LogP contribution >= 0.6 is 0 Å². The van der Waals surface area contributed by atoms with Crippen molar-refractivity contribution in [1.29, 1.82) is 0 Å². The van der Waals surface area contributed by atoms with E-state index in [0.29, 0.717) is 11.6 Å². The van der Waals surface area contributed by atoms with Crippen molar-refractivity contribution in [1.82, 2.24) is 15.4 Å². The Bertz CT molecular complexity index is 633. The van der Waals surface area contributed by atoms with Crippen LogP contribution in [0.25, 0.3) is 0 Å². The van der Waals surface area contributed by atoms with E-state index in [1.54, 1.807) is 6.07 Å². The minimum absolute atomic E-state index is 0.0358. The Morgan fingerprint density at radius 2 is 2.00 bits per heavy atom. The van der Waals surface area contributed by atoms with E-state index < -0.39 is 0 Å². The van der Waals surface area contributed by atoms with Gasteiger partial charge in [-0.15, -0.1) is 0 Å². The molecule has 2 amide bonds. The lowest BCUT2D eigenvalue weighted by atomic mass is 9.89. The van der Waals surface area contributed by atoms with Crippen molar-refractivity contribution >= 4 is 11.8 Å². The molecule has 1 heterocycles. The number of amides is 2. The zero-order chi connectivity index (χ0) is 19.2. The van der Waals surface area contributed by atoms with Gasteiger partial charge in [-0.2, -0.15) is 0 Å². The topological polar surface area (TPSA) is 95.7 Å². The second kappa shape index (κ2) is 9.35. The monoisotopic (exact) mass is 377 g/mol. The predicted octanol–water partition coefficient (Wildman–Crippen LogP) is 2.60.